The van der Waals surface area contributed by atoms with Crippen LogP contribution in [-0.4, -0.2) is 52.1 Å². The van der Waals surface area contributed by atoms with Gasteiger partial charge >= 0.3 is 0 Å². The highest BCUT2D eigenvalue weighted by atomic mass is 16.5. The number of carbonyl (C=O) groups excluding carboxylic acids is 1. The van der Waals surface area contributed by atoms with Gasteiger partial charge in [0.05, 0.1) is 31.4 Å². The summed E-state index contributed by atoms with van der Waals surface area (Å²) >= 11 is 0. The number of nitrogens with zero attached hydrogens (tertiary/aromatic N) is 3. The summed E-state index contributed by atoms with van der Waals surface area (Å²) in [6.45, 7) is 2.67. The molecule has 3 heterocycles. The van der Waals surface area contributed by atoms with Crippen LogP contribution in [0.3, 0.4) is 0 Å². The van der Waals surface area contributed by atoms with Crippen molar-refractivity contribution in [2.75, 3.05) is 31.6 Å². The molecule has 1 aromatic carbocycles. The molecule has 1 atom stereocenters. The summed E-state index contributed by atoms with van der Waals surface area (Å²) in [6, 6.07) is 11.1. The number of amides is 1. The van der Waals surface area contributed by atoms with Gasteiger partial charge in [-0.25, -0.2) is 4.98 Å². The number of aromatic nitrogens is 3. The molecule has 2 aromatic heterocycles. The lowest BCUT2D eigenvalue weighted by atomic mass is 10.1. The van der Waals surface area contributed by atoms with Crippen molar-refractivity contribution >= 4 is 11.6 Å². The molecular formula is C20H21N5O2. The van der Waals surface area contributed by atoms with Crippen molar-refractivity contribution in [3.8, 4) is 11.3 Å². The third-order valence-electron chi connectivity index (χ3n) is 4.60. The number of H-pyrrole nitrogens is 1. The fraction of sp³-hybridized carbons (Fsp3) is 0.250. The van der Waals surface area contributed by atoms with Crippen molar-refractivity contribution in [3.05, 3.63) is 66.9 Å². The highest BCUT2D eigenvalue weighted by molar-refractivity contribution is 5.96. The quantitative estimate of drug-likeness (QED) is 0.728. The van der Waals surface area contributed by atoms with E-state index in [4.69, 9.17) is 4.74 Å². The van der Waals surface area contributed by atoms with Gasteiger partial charge in [0, 0.05) is 36.7 Å². The fourth-order valence-corrected chi connectivity index (χ4v) is 3.29. The predicted molar refractivity (Wildman–Crippen MR) is 102 cm³/mol. The Labute approximate surface area is 157 Å². The normalized spacial score (nSPS) is 16.0. The highest BCUT2D eigenvalue weighted by Gasteiger charge is 2.29. The van der Waals surface area contributed by atoms with Crippen LogP contribution in [0.25, 0.3) is 11.3 Å². The summed E-state index contributed by atoms with van der Waals surface area (Å²) in [6.07, 6.45) is 6.86. The number of aromatic amines is 1. The Balaban J connectivity index is 1.57. The second-order valence-electron chi connectivity index (χ2n) is 6.37. The van der Waals surface area contributed by atoms with E-state index in [2.05, 4.69) is 25.2 Å². The minimum Gasteiger partial charge on any atom is -0.379 e. The number of imidazole rings is 1. The molecule has 0 aliphatic carbocycles. The van der Waals surface area contributed by atoms with E-state index in [0.717, 1.165) is 22.5 Å². The third-order valence-corrected chi connectivity index (χ3v) is 4.60. The van der Waals surface area contributed by atoms with Gasteiger partial charge in [-0.3, -0.25) is 14.7 Å². The molecule has 0 saturated carbocycles. The number of hydrogen-bond donors (Lipinski definition) is 2. The van der Waals surface area contributed by atoms with Gasteiger partial charge in [0.2, 0.25) is 5.91 Å². The zero-order chi connectivity index (χ0) is 18.5. The Morgan fingerprint density at radius 1 is 1.15 bits per heavy atom. The average Bonchev–Trinajstić information content (AvgIpc) is 3.25. The van der Waals surface area contributed by atoms with Crippen LogP contribution in [0.1, 0.15) is 11.6 Å². The van der Waals surface area contributed by atoms with Crippen LogP contribution in [-0.2, 0) is 9.53 Å². The van der Waals surface area contributed by atoms with Gasteiger partial charge in [0.1, 0.15) is 6.04 Å². The molecule has 1 unspecified atom stereocenters. The summed E-state index contributed by atoms with van der Waals surface area (Å²) in [7, 11) is 0. The second-order valence-corrected chi connectivity index (χ2v) is 6.37. The number of carbonyl (C=O) groups is 1. The van der Waals surface area contributed by atoms with Gasteiger partial charge in [0.25, 0.3) is 0 Å². The van der Waals surface area contributed by atoms with Gasteiger partial charge in [-0.15, -0.1) is 0 Å². The summed E-state index contributed by atoms with van der Waals surface area (Å²) in [5.41, 5.74) is 3.49. The van der Waals surface area contributed by atoms with E-state index in [9.17, 15) is 4.79 Å². The number of hydrogen-bond acceptors (Lipinski definition) is 5. The maximum atomic E-state index is 13.2. The van der Waals surface area contributed by atoms with Crippen molar-refractivity contribution in [1.82, 2.24) is 19.9 Å². The van der Waals surface area contributed by atoms with Gasteiger partial charge in [-0.1, -0.05) is 18.2 Å². The van der Waals surface area contributed by atoms with E-state index in [-0.39, 0.29) is 5.91 Å². The fourth-order valence-electron chi connectivity index (χ4n) is 3.29. The number of pyridine rings is 1. The first kappa shape index (κ1) is 17.4. The van der Waals surface area contributed by atoms with Crippen LogP contribution in [0, 0.1) is 0 Å². The highest BCUT2D eigenvalue weighted by Crippen LogP contribution is 2.25. The largest absolute Gasteiger partial charge is 0.379 e. The van der Waals surface area contributed by atoms with Crippen molar-refractivity contribution in [2.45, 2.75) is 6.04 Å². The van der Waals surface area contributed by atoms with Crippen LogP contribution in [0.5, 0.6) is 0 Å². The molecule has 27 heavy (non-hydrogen) atoms. The molecule has 7 heteroatoms. The van der Waals surface area contributed by atoms with Crippen LogP contribution in [0.15, 0.2) is 61.3 Å². The van der Waals surface area contributed by atoms with Crippen LogP contribution >= 0.6 is 0 Å². The van der Waals surface area contributed by atoms with E-state index in [0.29, 0.717) is 26.3 Å². The molecule has 1 fully saturated rings. The molecule has 7 nitrogen and oxygen atoms in total. The molecule has 1 aliphatic rings. The molecular weight excluding hydrogens is 342 g/mol. The van der Waals surface area contributed by atoms with Crippen molar-refractivity contribution in [2.24, 2.45) is 0 Å². The lowest BCUT2D eigenvalue weighted by Gasteiger charge is -2.33. The average molecular weight is 363 g/mol. The summed E-state index contributed by atoms with van der Waals surface area (Å²) < 4.78 is 5.44. The zero-order valence-corrected chi connectivity index (χ0v) is 14.8. The number of benzene rings is 1. The molecule has 0 bridgehead atoms. The molecule has 1 amide bonds. The first-order valence-corrected chi connectivity index (χ1v) is 8.93. The minimum absolute atomic E-state index is 0.0772. The second kappa shape index (κ2) is 8.11. The molecule has 1 aliphatic heterocycles. The minimum atomic E-state index is -0.404. The van der Waals surface area contributed by atoms with E-state index in [1.807, 2.05) is 36.4 Å². The van der Waals surface area contributed by atoms with Crippen LogP contribution in [0.4, 0.5) is 5.69 Å². The van der Waals surface area contributed by atoms with E-state index in [1.54, 1.807) is 24.9 Å². The lowest BCUT2D eigenvalue weighted by molar-refractivity contribution is -0.123. The zero-order valence-electron chi connectivity index (χ0n) is 14.8. The molecule has 2 N–H and O–H groups in total. The van der Waals surface area contributed by atoms with Gasteiger partial charge in [-0.2, -0.15) is 0 Å². The number of ether oxygens (including phenoxy) is 1. The SMILES string of the molecule is O=C(Nc1cccc(-c2cnc[nH]2)c1)C(c1cccnc1)N1CCOCC1. The molecule has 138 valence electrons. The number of anilines is 1. The van der Waals surface area contributed by atoms with Gasteiger partial charge < -0.3 is 15.0 Å². The van der Waals surface area contributed by atoms with Crippen LogP contribution in [0.2, 0.25) is 0 Å². The first-order valence-electron chi connectivity index (χ1n) is 8.93. The Hall–Kier alpha value is -3.03. The maximum absolute atomic E-state index is 13.2. The Bertz CT molecular complexity index is 876. The molecule has 0 spiro atoms. The van der Waals surface area contributed by atoms with Crippen molar-refractivity contribution < 1.29 is 9.53 Å². The van der Waals surface area contributed by atoms with Gasteiger partial charge in [-0.05, 0) is 23.8 Å². The summed E-state index contributed by atoms with van der Waals surface area (Å²) in [4.78, 5) is 26.6. The number of morpholine rings is 1. The number of nitrogens with one attached hydrogen (secondary N) is 2. The molecule has 0 radical (unpaired) electrons. The predicted octanol–water partition coefficient (Wildman–Crippen LogP) is 2.48. The van der Waals surface area contributed by atoms with Gasteiger partial charge in [0.15, 0.2) is 0 Å². The number of rotatable bonds is 5. The Morgan fingerprint density at radius 2 is 2.04 bits per heavy atom. The molecule has 3 aromatic rings. The van der Waals surface area contributed by atoms with E-state index < -0.39 is 6.04 Å². The molecule has 4 rings (SSSR count). The van der Waals surface area contributed by atoms with E-state index in [1.165, 1.54) is 0 Å². The smallest absolute Gasteiger partial charge is 0.246 e. The Kier molecular flexibility index (Phi) is 5.22. The maximum Gasteiger partial charge on any atom is 0.246 e. The van der Waals surface area contributed by atoms with Crippen LogP contribution < -0.4 is 5.32 Å². The van der Waals surface area contributed by atoms with E-state index >= 15 is 0 Å². The summed E-state index contributed by atoms with van der Waals surface area (Å²) in [5, 5.41) is 3.06. The first-order chi connectivity index (χ1) is 13.3. The van der Waals surface area contributed by atoms with Crippen molar-refractivity contribution in [1.29, 1.82) is 0 Å². The van der Waals surface area contributed by atoms with Crippen molar-refractivity contribution in [3.63, 3.8) is 0 Å². The topological polar surface area (TPSA) is 83.1 Å². The third kappa shape index (κ3) is 4.05. The standard InChI is InChI=1S/C20H21N5O2/c26-20(24-17-5-1-3-15(11-17)18-13-22-14-23-18)19(16-4-2-6-21-12-16)25-7-9-27-10-8-25/h1-6,11-14,19H,7-10H2,(H,22,23)(H,24,26). The Morgan fingerprint density at radius 3 is 2.78 bits per heavy atom. The monoisotopic (exact) mass is 363 g/mol. The summed E-state index contributed by atoms with van der Waals surface area (Å²) in [5.74, 6) is -0.0772. The molecule has 1 saturated heterocycles. The lowest BCUT2D eigenvalue weighted by Crippen LogP contribution is -2.43.